The highest BCUT2D eigenvalue weighted by atomic mass is 35.5. The molecule has 1 aromatic heterocycles. The van der Waals surface area contributed by atoms with Crippen LogP contribution in [0.5, 0.6) is 0 Å². The fraction of sp³-hybridized carbons (Fsp3) is 0.100. The summed E-state index contributed by atoms with van der Waals surface area (Å²) in [5.41, 5.74) is 7.17. The van der Waals surface area contributed by atoms with Crippen molar-refractivity contribution in [2.45, 2.75) is 6.92 Å². The van der Waals surface area contributed by atoms with E-state index in [0.717, 1.165) is 0 Å². The third kappa shape index (κ3) is 1.80. The maximum atomic E-state index is 13.4. The summed E-state index contributed by atoms with van der Waals surface area (Å²) in [6.07, 6.45) is 0. The van der Waals surface area contributed by atoms with Gasteiger partial charge in [0.1, 0.15) is 11.6 Å². The van der Waals surface area contributed by atoms with Crippen LogP contribution in [0.15, 0.2) is 18.2 Å². The third-order valence-electron chi connectivity index (χ3n) is 2.19. The first-order chi connectivity index (χ1) is 7.08. The summed E-state index contributed by atoms with van der Waals surface area (Å²) in [6, 6.07) is 4.70. The van der Waals surface area contributed by atoms with Gasteiger partial charge in [-0.3, -0.25) is 5.10 Å². The molecule has 1 heterocycles. The lowest BCUT2D eigenvalue weighted by atomic mass is 10.1. The van der Waals surface area contributed by atoms with Gasteiger partial charge in [-0.05, 0) is 19.1 Å². The molecule has 0 aliphatic rings. The summed E-state index contributed by atoms with van der Waals surface area (Å²) >= 11 is 5.87. The van der Waals surface area contributed by atoms with Crippen LogP contribution in [-0.4, -0.2) is 10.2 Å². The quantitative estimate of drug-likeness (QED) is 0.784. The molecule has 0 radical (unpaired) electrons. The standard InChI is InChI=1S/C10H9ClFN3/c1-5-7(11)2-6(3-8(5)12)9-4-10(13)15-14-9/h2-4H,1H3,(H3,13,14,15). The Morgan fingerprint density at radius 2 is 2.13 bits per heavy atom. The summed E-state index contributed by atoms with van der Waals surface area (Å²) in [7, 11) is 0. The predicted octanol–water partition coefficient (Wildman–Crippen LogP) is 2.76. The zero-order valence-corrected chi connectivity index (χ0v) is 8.77. The van der Waals surface area contributed by atoms with Gasteiger partial charge in [0.05, 0.1) is 5.69 Å². The second-order valence-electron chi connectivity index (χ2n) is 3.27. The van der Waals surface area contributed by atoms with Crippen molar-refractivity contribution in [3.05, 3.63) is 34.6 Å². The van der Waals surface area contributed by atoms with Gasteiger partial charge >= 0.3 is 0 Å². The summed E-state index contributed by atoms with van der Waals surface area (Å²) < 4.78 is 13.4. The number of nitrogen functional groups attached to an aromatic ring is 1. The SMILES string of the molecule is Cc1c(F)cc(-c2cc(N)n[nH]2)cc1Cl. The number of halogens is 2. The molecule has 3 nitrogen and oxygen atoms in total. The van der Waals surface area contributed by atoms with Gasteiger partial charge in [-0.15, -0.1) is 0 Å². The van der Waals surface area contributed by atoms with E-state index in [9.17, 15) is 4.39 Å². The van der Waals surface area contributed by atoms with Crippen LogP contribution in [0.3, 0.4) is 0 Å². The molecule has 78 valence electrons. The Morgan fingerprint density at radius 3 is 2.67 bits per heavy atom. The molecule has 2 rings (SSSR count). The van der Waals surface area contributed by atoms with Crippen molar-refractivity contribution in [2.75, 3.05) is 5.73 Å². The second-order valence-corrected chi connectivity index (χ2v) is 3.68. The smallest absolute Gasteiger partial charge is 0.145 e. The molecule has 0 aliphatic heterocycles. The van der Waals surface area contributed by atoms with E-state index in [4.69, 9.17) is 17.3 Å². The van der Waals surface area contributed by atoms with Crippen LogP contribution < -0.4 is 5.73 Å². The Bertz CT molecular complexity index is 484. The molecule has 0 fully saturated rings. The molecular weight excluding hydrogens is 217 g/mol. The van der Waals surface area contributed by atoms with Crippen LogP contribution >= 0.6 is 11.6 Å². The fourth-order valence-corrected chi connectivity index (χ4v) is 1.49. The van der Waals surface area contributed by atoms with Crippen molar-refractivity contribution in [2.24, 2.45) is 0 Å². The monoisotopic (exact) mass is 225 g/mol. The lowest BCUT2D eigenvalue weighted by Gasteiger charge is -2.03. The number of nitrogens with two attached hydrogens (primary N) is 1. The maximum absolute atomic E-state index is 13.4. The zero-order valence-electron chi connectivity index (χ0n) is 8.01. The zero-order chi connectivity index (χ0) is 11.0. The average molecular weight is 226 g/mol. The highest BCUT2D eigenvalue weighted by molar-refractivity contribution is 6.31. The molecule has 0 bridgehead atoms. The largest absolute Gasteiger partial charge is 0.382 e. The molecule has 2 aromatic rings. The summed E-state index contributed by atoms with van der Waals surface area (Å²) in [6.45, 7) is 1.63. The van der Waals surface area contributed by atoms with Crippen molar-refractivity contribution in [3.8, 4) is 11.3 Å². The highest BCUT2D eigenvalue weighted by Crippen LogP contribution is 2.26. The molecule has 0 spiro atoms. The van der Waals surface area contributed by atoms with Gasteiger partial charge in [-0.1, -0.05) is 11.6 Å². The number of nitrogens with zero attached hydrogens (tertiary/aromatic N) is 1. The first-order valence-corrected chi connectivity index (χ1v) is 4.72. The lowest BCUT2D eigenvalue weighted by molar-refractivity contribution is 0.619. The minimum atomic E-state index is -0.342. The topological polar surface area (TPSA) is 54.7 Å². The Morgan fingerprint density at radius 1 is 1.40 bits per heavy atom. The fourth-order valence-electron chi connectivity index (χ4n) is 1.29. The van der Waals surface area contributed by atoms with E-state index in [1.807, 2.05) is 0 Å². The van der Waals surface area contributed by atoms with Crippen molar-refractivity contribution in [3.63, 3.8) is 0 Å². The molecule has 0 aliphatic carbocycles. The Hall–Kier alpha value is -1.55. The van der Waals surface area contributed by atoms with Gasteiger partial charge < -0.3 is 5.73 Å². The van der Waals surface area contributed by atoms with E-state index in [1.54, 1.807) is 19.1 Å². The number of anilines is 1. The first kappa shape index (κ1) is 9.98. The van der Waals surface area contributed by atoms with Gasteiger partial charge in [0.15, 0.2) is 0 Å². The molecule has 0 amide bonds. The average Bonchev–Trinajstić information content (AvgIpc) is 2.60. The van der Waals surface area contributed by atoms with Crippen LogP contribution in [0.1, 0.15) is 5.56 Å². The van der Waals surface area contributed by atoms with Gasteiger partial charge in [0.2, 0.25) is 0 Å². The summed E-state index contributed by atoms with van der Waals surface area (Å²) in [4.78, 5) is 0. The van der Waals surface area contributed by atoms with Crippen molar-refractivity contribution >= 4 is 17.4 Å². The number of aromatic nitrogens is 2. The van der Waals surface area contributed by atoms with Gasteiger partial charge in [-0.25, -0.2) is 4.39 Å². The van der Waals surface area contributed by atoms with Gasteiger partial charge in [0, 0.05) is 22.2 Å². The minimum absolute atomic E-state index is 0.342. The van der Waals surface area contributed by atoms with Crippen molar-refractivity contribution in [1.29, 1.82) is 0 Å². The first-order valence-electron chi connectivity index (χ1n) is 4.35. The van der Waals surface area contributed by atoms with E-state index >= 15 is 0 Å². The highest BCUT2D eigenvalue weighted by Gasteiger charge is 2.08. The third-order valence-corrected chi connectivity index (χ3v) is 2.58. The van der Waals surface area contributed by atoms with E-state index in [-0.39, 0.29) is 5.82 Å². The Labute approximate surface area is 91.1 Å². The summed E-state index contributed by atoms with van der Waals surface area (Å²) in [5, 5.41) is 6.84. The molecule has 15 heavy (non-hydrogen) atoms. The molecule has 1 aromatic carbocycles. The number of benzene rings is 1. The minimum Gasteiger partial charge on any atom is -0.382 e. The second kappa shape index (κ2) is 3.55. The Kier molecular flexibility index (Phi) is 2.36. The van der Waals surface area contributed by atoms with Crippen LogP contribution in [-0.2, 0) is 0 Å². The molecule has 0 atom stereocenters. The lowest BCUT2D eigenvalue weighted by Crippen LogP contribution is -1.87. The molecule has 3 N–H and O–H groups in total. The number of hydrogen-bond acceptors (Lipinski definition) is 2. The number of aromatic amines is 1. The van der Waals surface area contributed by atoms with Gasteiger partial charge in [0.25, 0.3) is 0 Å². The molecule has 0 saturated carbocycles. The number of nitrogens with one attached hydrogen (secondary N) is 1. The normalized spacial score (nSPS) is 10.6. The van der Waals surface area contributed by atoms with Gasteiger partial charge in [-0.2, -0.15) is 5.10 Å². The summed E-state index contributed by atoms with van der Waals surface area (Å²) in [5.74, 6) is 0.0211. The van der Waals surface area contributed by atoms with Crippen LogP contribution in [0.4, 0.5) is 10.2 Å². The van der Waals surface area contributed by atoms with E-state index in [1.165, 1.54) is 6.07 Å². The number of hydrogen-bond donors (Lipinski definition) is 2. The molecule has 0 saturated heterocycles. The van der Waals surface area contributed by atoms with Crippen molar-refractivity contribution < 1.29 is 4.39 Å². The molecule has 0 unspecified atom stereocenters. The van der Waals surface area contributed by atoms with Crippen molar-refractivity contribution in [1.82, 2.24) is 10.2 Å². The molecule has 5 heteroatoms. The maximum Gasteiger partial charge on any atom is 0.145 e. The van der Waals surface area contributed by atoms with E-state index in [2.05, 4.69) is 10.2 Å². The number of rotatable bonds is 1. The van der Waals surface area contributed by atoms with Crippen LogP contribution in [0.25, 0.3) is 11.3 Å². The van der Waals surface area contributed by atoms with E-state index in [0.29, 0.717) is 27.7 Å². The number of H-pyrrole nitrogens is 1. The Balaban J connectivity index is 2.55. The predicted molar refractivity (Wildman–Crippen MR) is 58.1 cm³/mol. The van der Waals surface area contributed by atoms with Crippen LogP contribution in [0, 0.1) is 12.7 Å². The van der Waals surface area contributed by atoms with Crippen LogP contribution in [0.2, 0.25) is 5.02 Å². The molecular formula is C10H9ClFN3. The van der Waals surface area contributed by atoms with E-state index < -0.39 is 0 Å².